The Hall–Kier alpha value is -0.870. The first-order valence-electron chi connectivity index (χ1n) is 6.62. The molecule has 4 nitrogen and oxygen atoms in total. The van der Waals surface area contributed by atoms with Crippen LogP contribution in [0.5, 0.6) is 0 Å². The van der Waals surface area contributed by atoms with Crippen LogP contribution in [-0.4, -0.2) is 40.9 Å². The van der Waals surface area contributed by atoms with Crippen LogP contribution in [0.3, 0.4) is 0 Å². The molecule has 1 aromatic rings. The molecule has 4 heteroatoms. The highest BCUT2D eigenvalue weighted by atomic mass is 15.3. The molecule has 1 aliphatic heterocycles. The van der Waals surface area contributed by atoms with E-state index in [0.717, 1.165) is 13.0 Å². The fourth-order valence-electron chi connectivity index (χ4n) is 2.50. The summed E-state index contributed by atoms with van der Waals surface area (Å²) in [6.07, 6.45) is 5.68. The third-order valence-electron chi connectivity index (χ3n) is 3.63. The average Bonchev–Trinajstić information content (AvgIpc) is 2.69. The third kappa shape index (κ3) is 3.30. The lowest BCUT2D eigenvalue weighted by atomic mass is 10.1. The Labute approximate surface area is 104 Å². The summed E-state index contributed by atoms with van der Waals surface area (Å²) in [5.41, 5.74) is 2.59. The molecule has 0 saturated carbocycles. The first kappa shape index (κ1) is 12.6. The maximum Gasteiger partial charge on any atom is 0.0666 e. The minimum Gasteiger partial charge on any atom is -0.310 e. The van der Waals surface area contributed by atoms with Gasteiger partial charge in [0.25, 0.3) is 0 Å². The Morgan fingerprint density at radius 2 is 2.06 bits per heavy atom. The Balaban J connectivity index is 1.85. The van der Waals surface area contributed by atoms with Crippen molar-refractivity contribution in [2.24, 2.45) is 7.05 Å². The van der Waals surface area contributed by atoms with Crippen molar-refractivity contribution in [1.82, 2.24) is 20.0 Å². The number of aromatic nitrogens is 2. The second-order valence-corrected chi connectivity index (χ2v) is 5.09. The lowest BCUT2D eigenvalue weighted by Gasteiger charge is -2.29. The minimum absolute atomic E-state index is 0.677. The molecule has 1 N–H and O–H groups in total. The molecule has 96 valence electrons. The third-order valence-corrected chi connectivity index (χ3v) is 3.63. The van der Waals surface area contributed by atoms with Gasteiger partial charge in [-0.2, -0.15) is 5.10 Å². The molecular formula is C13H24N4. The van der Waals surface area contributed by atoms with Gasteiger partial charge in [0.05, 0.1) is 5.69 Å². The van der Waals surface area contributed by atoms with E-state index in [1.165, 1.54) is 37.2 Å². The van der Waals surface area contributed by atoms with Crippen LogP contribution >= 0.6 is 0 Å². The Morgan fingerprint density at radius 1 is 1.35 bits per heavy atom. The summed E-state index contributed by atoms with van der Waals surface area (Å²) in [4.78, 5) is 2.40. The van der Waals surface area contributed by atoms with E-state index in [2.05, 4.69) is 35.5 Å². The van der Waals surface area contributed by atoms with Gasteiger partial charge < -0.3 is 10.2 Å². The molecule has 0 aliphatic carbocycles. The monoisotopic (exact) mass is 236 g/mol. The predicted octanol–water partition coefficient (Wildman–Crippen LogP) is 1.17. The van der Waals surface area contributed by atoms with Crippen LogP contribution in [0.4, 0.5) is 0 Å². The summed E-state index contributed by atoms with van der Waals surface area (Å²) in [5, 5.41) is 8.14. The van der Waals surface area contributed by atoms with Crippen molar-refractivity contribution in [3.8, 4) is 0 Å². The quantitative estimate of drug-likeness (QED) is 0.852. The molecule has 2 rings (SSSR count). The Morgan fingerprint density at radius 3 is 2.71 bits per heavy atom. The number of hydrogen-bond acceptors (Lipinski definition) is 3. The number of piperidine rings is 1. The van der Waals surface area contributed by atoms with Crippen molar-refractivity contribution in [1.29, 1.82) is 0 Å². The van der Waals surface area contributed by atoms with Gasteiger partial charge in [-0.25, -0.2) is 0 Å². The Bertz CT molecular complexity index is 350. The highest BCUT2D eigenvalue weighted by Crippen LogP contribution is 2.11. The number of nitrogens with one attached hydrogen (secondary N) is 1. The lowest BCUT2D eigenvalue weighted by molar-refractivity contribution is 0.234. The summed E-state index contributed by atoms with van der Waals surface area (Å²) >= 11 is 0. The van der Waals surface area contributed by atoms with Gasteiger partial charge in [-0.3, -0.25) is 4.68 Å². The molecule has 0 aromatic carbocycles. The van der Waals surface area contributed by atoms with Crippen molar-refractivity contribution >= 4 is 0 Å². The molecule has 1 fully saturated rings. The summed E-state index contributed by atoms with van der Waals surface area (Å²) in [7, 11) is 4.20. The smallest absolute Gasteiger partial charge is 0.0666 e. The molecule has 0 bridgehead atoms. The van der Waals surface area contributed by atoms with Gasteiger partial charge in [-0.05, 0) is 39.4 Å². The second kappa shape index (κ2) is 5.65. The van der Waals surface area contributed by atoms with Crippen molar-refractivity contribution in [2.75, 3.05) is 20.1 Å². The molecule has 0 spiro atoms. The summed E-state index contributed by atoms with van der Waals surface area (Å²) in [6.45, 7) is 5.56. The van der Waals surface area contributed by atoms with E-state index in [1.54, 1.807) is 0 Å². The van der Waals surface area contributed by atoms with Gasteiger partial charge in [-0.15, -0.1) is 0 Å². The van der Waals surface area contributed by atoms with Crippen LogP contribution in [0.25, 0.3) is 0 Å². The number of aryl methyl sites for hydroxylation is 2. The maximum atomic E-state index is 4.47. The zero-order valence-corrected chi connectivity index (χ0v) is 11.2. The van der Waals surface area contributed by atoms with Gasteiger partial charge in [0.2, 0.25) is 0 Å². The van der Waals surface area contributed by atoms with E-state index in [9.17, 15) is 0 Å². The number of rotatable bonds is 4. The molecule has 0 atom stereocenters. The van der Waals surface area contributed by atoms with Crippen LogP contribution in [0, 0.1) is 0 Å². The van der Waals surface area contributed by atoms with Crippen LogP contribution in [0.2, 0.25) is 0 Å². The second-order valence-electron chi connectivity index (χ2n) is 5.09. The number of nitrogens with zero attached hydrogens (tertiary/aromatic N) is 3. The molecule has 0 radical (unpaired) electrons. The fraction of sp³-hybridized carbons (Fsp3) is 0.769. The predicted molar refractivity (Wildman–Crippen MR) is 69.9 cm³/mol. The van der Waals surface area contributed by atoms with E-state index in [0.29, 0.717) is 6.04 Å². The van der Waals surface area contributed by atoms with E-state index in [1.807, 2.05) is 11.7 Å². The SMILES string of the molecule is CCc1nn(C)cc1CNC1CCN(C)CC1. The van der Waals surface area contributed by atoms with Crippen molar-refractivity contribution < 1.29 is 0 Å². The average molecular weight is 236 g/mol. The van der Waals surface area contributed by atoms with Crippen molar-refractivity contribution in [2.45, 2.75) is 38.8 Å². The van der Waals surface area contributed by atoms with Gasteiger partial charge >= 0.3 is 0 Å². The molecule has 0 amide bonds. The van der Waals surface area contributed by atoms with Crippen molar-refractivity contribution in [3.05, 3.63) is 17.5 Å². The molecule has 2 heterocycles. The molecule has 17 heavy (non-hydrogen) atoms. The molecule has 1 aliphatic rings. The van der Waals surface area contributed by atoms with Crippen molar-refractivity contribution in [3.63, 3.8) is 0 Å². The first-order chi connectivity index (χ1) is 8.19. The minimum atomic E-state index is 0.677. The van der Waals surface area contributed by atoms with E-state index < -0.39 is 0 Å². The van der Waals surface area contributed by atoms with Crippen LogP contribution in [-0.2, 0) is 20.0 Å². The van der Waals surface area contributed by atoms with Gasteiger partial charge in [0.1, 0.15) is 0 Å². The van der Waals surface area contributed by atoms with E-state index >= 15 is 0 Å². The summed E-state index contributed by atoms with van der Waals surface area (Å²) < 4.78 is 1.92. The van der Waals surface area contributed by atoms with Gasteiger partial charge in [-0.1, -0.05) is 6.92 Å². The highest BCUT2D eigenvalue weighted by molar-refractivity contribution is 5.16. The fourth-order valence-corrected chi connectivity index (χ4v) is 2.50. The van der Waals surface area contributed by atoms with E-state index in [-0.39, 0.29) is 0 Å². The van der Waals surface area contributed by atoms with Crippen LogP contribution in [0.1, 0.15) is 31.0 Å². The Kier molecular flexibility index (Phi) is 4.18. The summed E-state index contributed by atoms with van der Waals surface area (Å²) in [6, 6.07) is 0.677. The van der Waals surface area contributed by atoms with Gasteiger partial charge in [0, 0.05) is 31.4 Å². The van der Waals surface area contributed by atoms with E-state index in [4.69, 9.17) is 0 Å². The molecular weight excluding hydrogens is 212 g/mol. The highest BCUT2D eigenvalue weighted by Gasteiger charge is 2.16. The zero-order chi connectivity index (χ0) is 12.3. The van der Waals surface area contributed by atoms with Crippen LogP contribution in [0.15, 0.2) is 6.20 Å². The standard InChI is InChI=1S/C13H24N4/c1-4-13-11(10-17(3)15-13)9-14-12-5-7-16(2)8-6-12/h10,12,14H,4-9H2,1-3H3. The molecule has 1 saturated heterocycles. The lowest BCUT2D eigenvalue weighted by Crippen LogP contribution is -2.40. The molecule has 1 aromatic heterocycles. The topological polar surface area (TPSA) is 33.1 Å². The largest absolute Gasteiger partial charge is 0.310 e. The van der Waals surface area contributed by atoms with Gasteiger partial charge in [0.15, 0.2) is 0 Å². The summed E-state index contributed by atoms with van der Waals surface area (Å²) in [5.74, 6) is 0. The maximum absolute atomic E-state index is 4.47. The number of hydrogen-bond donors (Lipinski definition) is 1. The van der Waals surface area contributed by atoms with Crippen LogP contribution < -0.4 is 5.32 Å². The molecule has 0 unspecified atom stereocenters. The normalized spacial score (nSPS) is 18.8. The zero-order valence-electron chi connectivity index (χ0n) is 11.2. The first-order valence-corrected chi connectivity index (χ1v) is 6.62. The number of likely N-dealkylation sites (tertiary alicyclic amines) is 1.